The van der Waals surface area contributed by atoms with Gasteiger partial charge in [0, 0.05) is 101 Å². The first-order valence-corrected chi connectivity index (χ1v) is 24.9. The average molecular weight is 977 g/mol. The summed E-state index contributed by atoms with van der Waals surface area (Å²) in [7, 11) is 0. The summed E-state index contributed by atoms with van der Waals surface area (Å²) in [6.45, 7) is 11.0. The number of piperidine rings is 1. The van der Waals surface area contributed by atoms with Crippen LogP contribution in [0, 0.1) is 18.7 Å². The maximum atomic E-state index is 15.1. The summed E-state index contributed by atoms with van der Waals surface area (Å²) in [6, 6.07) is 21.6. The number of piperazine rings is 2. The largest absolute Gasteiger partial charge is 0.338 e. The van der Waals surface area contributed by atoms with E-state index in [1.807, 2.05) is 42.2 Å². The number of halogens is 1. The molecule has 374 valence electrons. The summed E-state index contributed by atoms with van der Waals surface area (Å²) in [5.41, 5.74) is 6.03. The second-order valence-corrected chi connectivity index (χ2v) is 19.0. The van der Waals surface area contributed by atoms with Crippen molar-refractivity contribution in [3.05, 3.63) is 147 Å². The Morgan fingerprint density at radius 3 is 2.25 bits per heavy atom. The quantitative estimate of drug-likeness (QED) is 0.130. The number of carbonyl (C=O) groups excluding carboxylic acids is 4. The van der Waals surface area contributed by atoms with Gasteiger partial charge in [-0.25, -0.2) is 14.5 Å². The van der Waals surface area contributed by atoms with Gasteiger partial charge in [0.25, 0.3) is 17.4 Å². The number of nitrogens with zero attached hydrogens (tertiary/aromatic N) is 9. The SMILES string of the molecule is CCc1cccc(-c2cnc(C(=O)N3CCN(CC4CCN(CC(=O)N5CCN(C(=O)c6cc(Cc7n[nH]c(=O)c8ccccc78)ccc6F)CC5)CC4)CC3)c(NC(=O)CNCc3cncc(C)n3)c2)c1. The Morgan fingerprint density at radius 1 is 0.750 bits per heavy atom. The molecular formula is C54H61FN12O5. The smallest absolute Gasteiger partial charge is 0.274 e. The van der Waals surface area contributed by atoms with Gasteiger partial charge in [0.05, 0.1) is 46.8 Å². The highest BCUT2D eigenvalue weighted by molar-refractivity contribution is 6.03. The van der Waals surface area contributed by atoms with Gasteiger partial charge in [-0.3, -0.25) is 43.7 Å². The number of amides is 4. The predicted molar refractivity (Wildman–Crippen MR) is 272 cm³/mol. The number of aromatic nitrogens is 5. The molecule has 0 unspecified atom stereocenters. The minimum Gasteiger partial charge on any atom is -0.338 e. The highest BCUT2D eigenvalue weighted by Gasteiger charge is 2.31. The van der Waals surface area contributed by atoms with Gasteiger partial charge < -0.3 is 25.3 Å². The minimum absolute atomic E-state index is 0.00935. The number of likely N-dealkylation sites (tertiary alicyclic amines) is 1. The van der Waals surface area contributed by atoms with E-state index in [2.05, 4.69) is 64.6 Å². The fourth-order valence-corrected chi connectivity index (χ4v) is 9.90. The van der Waals surface area contributed by atoms with Crippen LogP contribution in [0.5, 0.6) is 0 Å². The number of fused-ring (bicyclic) bond motifs is 1. The Hall–Kier alpha value is -7.28. The normalized spacial score (nSPS) is 16.0. The monoisotopic (exact) mass is 976 g/mol. The molecule has 4 amide bonds. The van der Waals surface area contributed by atoms with Crippen molar-refractivity contribution in [1.82, 2.24) is 55.0 Å². The molecule has 3 aliphatic heterocycles. The van der Waals surface area contributed by atoms with Crippen LogP contribution in [0.3, 0.4) is 0 Å². The number of benzene rings is 3. The van der Waals surface area contributed by atoms with Gasteiger partial charge in [-0.1, -0.05) is 55.5 Å². The zero-order chi connectivity index (χ0) is 50.1. The first kappa shape index (κ1) is 49.7. The van der Waals surface area contributed by atoms with Crippen molar-refractivity contribution in [2.45, 2.75) is 46.1 Å². The molecule has 3 aromatic heterocycles. The molecule has 0 bridgehead atoms. The lowest BCUT2D eigenvalue weighted by Gasteiger charge is -2.39. The predicted octanol–water partition coefficient (Wildman–Crippen LogP) is 4.56. The van der Waals surface area contributed by atoms with Crippen molar-refractivity contribution in [2.24, 2.45) is 5.92 Å². The Morgan fingerprint density at radius 2 is 1.49 bits per heavy atom. The molecule has 6 aromatic rings. The Balaban J connectivity index is 0.722. The fourth-order valence-electron chi connectivity index (χ4n) is 9.90. The summed E-state index contributed by atoms with van der Waals surface area (Å²) < 4.78 is 15.1. The van der Waals surface area contributed by atoms with E-state index in [1.165, 1.54) is 11.6 Å². The zero-order valence-corrected chi connectivity index (χ0v) is 40.9. The molecule has 3 N–H and O–H groups in total. The van der Waals surface area contributed by atoms with Gasteiger partial charge in [-0.2, -0.15) is 5.10 Å². The molecule has 0 spiro atoms. The maximum Gasteiger partial charge on any atom is 0.274 e. The number of aromatic amines is 1. The molecule has 3 fully saturated rings. The van der Waals surface area contributed by atoms with E-state index in [4.69, 9.17) is 0 Å². The van der Waals surface area contributed by atoms with Crippen molar-refractivity contribution < 1.29 is 23.6 Å². The second-order valence-electron chi connectivity index (χ2n) is 19.0. The molecule has 17 nitrogen and oxygen atoms in total. The Kier molecular flexibility index (Phi) is 15.8. The van der Waals surface area contributed by atoms with Crippen LogP contribution in [0.15, 0.2) is 96.2 Å². The van der Waals surface area contributed by atoms with E-state index < -0.39 is 11.7 Å². The highest BCUT2D eigenvalue weighted by Crippen LogP contribution is 2.28. The van der Waals surface area contributed by atoms with Crippen LogP contribution in [-0.4, -0.2) is 158 Å². The van der Waals surface area contributed by atoms with E-state index in [0.29, 0.717) is 92.4 Å². The molecule has 0 atom stereocenters. The van der Waals surface area contributed by atoms with Crippen LogP contribution in [0.4, 0.5) is 10.1 Å². The van der Waals surface area contributed by atoms with Crippen molar-refractivity contribution >= 4 is 40.1 Å². The third-order valence-electron chi connectivity index (χ3n) is 14.0. The summed E-state index contributed by atoms with van der Waals surface area (Å²) in [4.78, 5) is 89.9. The number of pyridine rings is 1. The molecular weight excluding hydrogens is 916 g/mol. The summed E-state index contributed by atoms with van der Waals surface area (Å²) in [5, 5.41) is 14.1. The van der Waals surface area contributed by atoms with Gasteiger partial charge in [-0.05, 0) is 86.1 Å². The van der Waals surface area contributed by atoms with E-state index in [1.54, 1.807) is 52.7 Å². The Bertz CT molecular complexity index is 3000. The third-order valence-corrected chi connectivity index (χ3v) is 14.0. The van der Waals surface area contributed by atoms with E-state index >= 15 is 4.39 Å². The van der Waals surface area contributed by atoms with Crippen molar-refractivity contribution in [2.75, 3.05) is 90.4 Å². The molecule has 0 radical (unpaired) electrons. The van der Waals surface area contributed by atoms with Crippen LogP contribution in [0.25, 0.3) is 21.9 Å². The molecule has 0 aliphatic carbocycles. The molecule has 3 saturated heterocycles. The van der Waals surface area contributed by atoms with Crippen LogP contribution in [-0.2, 0) is 29.0 Å². The number of H-pyrrole nitrogens is 1. The molecule has 3 aromatic carbocycles. The van der Waals surface area contributed by atoms with Crippen LogP contribution in [0.2, 0.25) is 0 Å². The molecule has 18 heteroatoms. The number of hydrogen-bond donors (Lipinski definition) is 3. The summed E-state index contributed by atoms with van der Waals surface area (Å²) in [6.07, 6.45) is 8.14. The van der Waals surface area contributed by atoms with Crippen LogP contribution in [0.1, 0.15) is 68.8 Å². The first-order valence-electron chi connectivity index (χ1n) is 24.9. The number of rotatable bonds is 15. The molecule has 9 rings (SSSR count). The number of carbonyl (C=O) groups is 4. The first-order chi connectivity index (χ1) is 35.0. The lowest BCUT2D eigenvalue weighted by atomic mass is 9.96. The van der Waals surface area contributed by atoms with E-state index in [-0.39, 0.29) is 41.1 Å². The van der Waals surface area contributed by atoms with Crippen molar-refractivity contribution in [3.8, 4) is 11.1 Å². The molecule has 72 heavy (non-hydrogen) atoms. The van der Waals surface area contributed by atoms with Gasteiger partial charge in [0.15, 0.2) is 5.69 Å². The molecule has 3 aliphatic rings. The van der Waals surface area contributed by atoms with Crippen LogP contribution < -0.4 is 16.2 Å². The third kappa shape index (κ3) is 12.1. The fraction of sp³-hybridized carbons (Fsp3) is 0.389. The Labute approximate surface area is 417 Å². The lowest BCUT2D eigenvalue weighted by molar-refractivity contribution is -0.134. The summed E-state index contributed by atoms with van der Waals surface area (Å²) in [5.74, 6) is -1.06. The van der Waals surface area contributed by atoms with Gasteiger partial charge >= 0.3 is 0 Å². The van der Waals surface area contributed by atoms with Crippen LogP contribution >= 0.6 is 0 Å². The van der Waals surface area contributed by atoms with Gasteiger partial charge in [-0.15, -0.1) is 0 Å². The number of anilines is 1. The standard InChI is InChI=1S/C54H61FN12O5/c1-3-37-7-6-8-40(25-37)41-28-48(60-49(68)33-57-32-42-31-56-29-36(2)59-42)51(58-30-41)54(72)67-19-17-64(18-20-67)34-38-13-15-63(16-14-38)35-50(69)65-21-23-66(24-22-65)53(71)45-26-39(11-12-46(45)55)27-47-43-9-4-5-10-44(43)52(70)62-61-47/h4-12,25-26,28-31,38,57H,3,13-24,27,32-35H2,1-2H3,(H,60,68)(H,62,70). The number of aryl methyl sites for hydroxylation is 2. The minimum atomic E-state index is -0.612. The van der Waals surface area contributed by atoms with E-state index in [0.717, 1.165) is 74.5 Å². The second kappa shape index (κ2) is 22.9. The van der Waals surface area contributed by atoms with Gasteiger partial charge in [0.2, 0.25) is 11.8 Å². The lowest BCUT2D eigenvalue weighted by Crippen LogP contribution is -2.53. The number of hydrogen-bond acceptors (Lipinski definition) is 12. The van der Waals surface area contributed by atoms with Crippen molar-refractivity contribution in [1.29, 1.82) is 0 Å². The van der Waals surface area contributed by atoms with Crippen molar-refractivity contribution in [3.63, 3.8) is 0 Å². The topological polar surface area (TPSA) is 193 Å². The molecule has 0 saturated carbocycles. The maximum absolute atomic E-state index is 15.1. The summed E-state index contributed by atoms with van der Waals surface area (Å²) >= 11 is 0. The molecule has 6 heterocycles. The van der Waals surface area contributed by atoms with E-state index in [9.17, 15) is 24.0 Å². The zero-order valence-electron chi connectivity index (χ0n) is 40.9. The number of nitrogens with one attached hydrogen (secondary N) is 3. The average Bonchev–Trinajstić information content (AvgIpc) is 3.40. The van der Waals surface area contributed by atoms with Gasteiger partial charge in [0.1, 0.15) is 5.82 Å². The highest BCUT2D eigenvalue weighted by atomic mass is 19.1.